The maximum Gasteiger partial charge on any atom is 0.252 e. The molecule has 2 aromatic carbocycles. The molecule has 0 fully saturated rings. The van der Waals surface area contributed by atoms with E-state index in [1.165, 1.54) is 5.56 Å². The molecule has 0 aliphatic heterocycles. The van der Waals surface area contributed by atoms with Crippen molar-refractivity contribution in [3.63, 3.8) is 0 Å². The third-order valence-electron chi connectivity index (χ3n) is 5.02. The Bertz CT molecular complexity index is 1110. The highest BCUT2D eigenvalue weighted by Crippen LogP contribution is 2.24. The Morgan fingerprint density at radius 2 is 1.69 bits per heavy atom. The van der Waals surface area contributed by atoms with Gasteiger partial charge >= 0.3 is 0 Å². The molecule has 2 aromatic heterocycles. The first-order valence-corrected chi connectivity index (χ1v) is 9.85. The Balaban J connectivity index is 1.58. The summed E-state index contributed by atoms with van der Waals surface area (Å²) in [6, 6.07) is 23.9. The number of nitrogens with one attached hydrogen (secondary N) is 1. The fraction of sp³-hybridized carbons (Fsp3) is 0.160. The minimum absolute atomic E-state index is 0.0685. The van der Waals surface area contributed by atoms with E-state index in [4.69, 9.17) is 4.98 Å². The summed E-state index contributed by atoms with van der Waals surface area (Å²) in [5, 5.41) is 4.02. The van der Waals surface area contributed by atoms with Crippen molar-refractivity contribution in [2.45, 2.75) is 25.8 Å². The SMILES string of the molecule is C[C@@H](CCc1ccccc1)NC(=O)c1cc(-c2ccncc2)nc2ccccc12. The van der Waals surface area contributed by atoms with Crippen molar-refractivity contribution in [3.05, 3.63) is 96.3 Å². The largest absolute Gasteiger partial charge is 0.350 e. The van der Waals surface area contributed by atoms with Gasteiger partial charge in [0.15, 0.2) is 0 Å². The van der Waals surface area contributed by atoms with Crippen molar-refractivity contribution >= 4 is 16.8 Å². The van der Waals surface area contributed by atoms with Crippen LogP contribution in [0.3, 0.4) is 0 Å². The molecular formula is C25H23N3O. The molecule has 0 aliphatic carbocycles. The van der Waals surface area contributed by atoms with Gasteiger partial charge in [-0.25, -0.2) is 4.98 Å². The molecule has 1 N–H and O–H groups in total. The van der Waals surface area contributed by atoms with Crippen molar-refractivity contribution < 1.29 is 4.79 Å². The van der Waals surface area contributed by atoms with E-state index in [9.17, 15) is 4.79 Å². The van der Waals surface area contributed by atoms with Gasteiger partial charge in [0.25, 0.3) is 5.91 Å². The molecule has 4 heteroatoms. The van der Waals surface area contributed by atoms with Crippen molar-refractivity contribution in [2.24, 2.45) is 0 Å². The van der Waals surface area contributed by atoms with Crippen LogP contribution in [-0.2, 0) is 6.42 Å². The molecule has 4 rings (SSSR count). The van der Waals surface area contributed by atoms with Crippen LogP contribution in [0.5, 0.6) is 0 Å². The van der Waals surface area contributed by atoms with Crippen LogP contribution in [0.4, 0.5) is 0 Å². The molecule has 0 bridgehead atoms. The van der Waals surface area contributed by atoms with Gasteiger partial charge in [0.05, 0.1) is 16.8 Å². The van der Waals surface area contributed by atoms with E-state index in [-0.39, 0.29) is 11.9 Å². The molecule has 29 heavy (non-hydrogen) atoms. The second-order valence-electron chi connectivity index (χ2n) is 7.21. The van der Waals surface area contributed by atoms with Crippen LogP contribution in [-0.4, -0.2) is 21.9 Å². The van der Waals surface area contributed by atoms with Gasteiger partial charge in [0.2, 0.25) is 0 Å². The zero-order chi connectivity index (χ0) is 20.1. The summed E-state index contributed by atoms with van der Waals surface area (Å²) in [5.41, 5.74) is 4.45. The number of hydrogen-bond donors (Lipinski definition) is 1. The molecule has 4 nitrogen and oxygen atoms in total. The summed E-state index contributed by atoms with van der Waals surface area (Å²) in [6.45, 7) is 2.05. The van der Waals surface area contributed by atoms with E-state index in [2.05, 4.69) is 22.4 Å². The first kappa shape index (κ1) is 18.8. The highest BCUT2D eigenvalue weighted by molar-refractivity contribution is 6.07. The summed E-state index contributed by atoms with van der Waals surface area (Å²) < 4.78 is 0. The lowest BCUT2D eigenvalue weighted by atomic mass is 10.0. The number of carbonyl (C=O) groups excluding carboxylic acids is 1. The van der Waals surface area contributed by atoms with Crippen LogP contribution < -0.4 is 5.32 Å². The summed E-state index contributed by atoms with van der Waals surface area (Å²) in [7, 11) is 0. The summed E-state index contributed by atoms with van der Waals surface area (Å²) in [6.07, 6.45) is 5.28. The Morgan fingerprint density at radius 1 is 0.966 bits per heavy atom. The topological polar surface area (TPSA) is 54.9 Å². The zero-order valence-corrected chi connectivity index (χ0v) is 16.4. The van der Waals surface area contributed by atoms with Crippen molar-refractivity contribution in [1.82, 2.24) is 15.3 Å². The third-order valence-corrected chi connectivity index (χ3v) is 5.02. The van der Waals surface area contributed by atoms with Gasteiger partial charge in [-0.2, -0.15) is 0 Å². The minimum atomic E-state index is -0.0699. The second-order valence-corrected chi connectivity index (χ2v) is 7.21. The van der Waals surface area contributed by atoms with E-state index < -0.39 is 0 Å². The van der Waals surface area contributed by atoms with E-state index in [1.807, 2.05) is 67.6 Å². The normalized spacial score (nSPS) is 11.9. The molecule has 0 spiro atoms. The zero-order valence-electron chi connectivity index (χ0n) is 16.4. The quantitative estimate of drug-likeness (QED) is 0.509. The van der Waals surface area contributed by atoms with Gasteiger partial charge < -0.3 is 5.32 Å². The lowest BCUT2D eigenvalue weighted by Gasteiger charge is -2.16. The maximum absolute atomic E-state index is 13.1. The third kappa shape index (κ3) is 4.49. The van der Waals surface area contributed by atoms with Crippen LogP contribution in [0.1, 0.15) is 29.3 Å². The maximum atomic E-state index is 13.1. The Hall–Kier alpha value is -3.53. The van der Waals surface area contributed by atoms with Gasteiger partial charge in [-0.05, 0) is 49.6 Å². The number of fused-ring (bicyclic) bond motifs is 1. The average Bonchev–Trinajstić information content (AvgIpc) is 2.78. The van der Waals surface area contributed by atoms with E-state index >= 15 is 0 Å². The lowest BCUT2D eigenvalue weighted by molar-refractivity contribution is 0.0940. The number of pyridine rings is 2. The molecule has 1 amide bonds. The molecule has 144 valence electrons. The number of aryl methyl sites for hydroxylation is 1. The number of nitrogens with zero attached hydrogens (tertiary/aromatic N) is 2. The van der Waals surface area contributed by atoms with E-state index in [0.29, 0.717) is 5.56 Å². The number of amides is 1. The Morgan fingerprint density at radius 3 is 2.48 bits per heavy atom. The monoisotopic (exact) mass is 381 g/mol. The number of aromatic nitrogens is 2. The predicted molar refractivity (Wildman–Crippen MR) is 117 cm³/mol. The summed E-state index contributed by atoms with van der Waals surface area (Å²) >= 11 is 0. The fourth-order valence-corrected chi connectivity index (χ4v) is 3.44. The molecule has 0 saturated heterocycles. The molecule has 0 aliphatic rings. The van der Waals surface area contributed by atoms with Crippen LogP contribution in [0, 0.1) is 0 Å². The summed E-state index contributed by atoms with van der Waals surface area (Å²) in [5.74, 6) is -0.0699. The Labute approximate surface area is 170 Å². The molecular weight excluding hydrogens is 358 g/mol. The minimum Gasteiger partial charge on any atom is -0.350 e. The first-order chi connectivity index (χ1) is 14.2. The standard InChI is InChI=1S/C25H23N3O/c1-18(11-12-19-7-3-2-4-8-19)27-25(29)22-17-24(20-13-15-26-16-14-20)28-23-10-6-5-9-21(22)23/h2-10,13-18H,11-12H2,1H3,(H,27,29)/t18-/m0/s1. The first-order valence-electron chi connectivity index (χ1n) is 9.85. The molecule has 2 heterocycles. The molecule has 0 unspecified atom stereocenters. The Kier molecular flexibility index (Phi) is 5.61. The lowest BCUT2D eigenvalue weighted by Crippen LogP contribution is -2.33. The van der Waals surface area contributed by atoms with Gasteiger partial charge in [0.1, 0.15) is 0 Å². The van der Waals surface area contributed by atoms with E-state index in [1.54, 1.807) is 12.4 Å². The molecule has 4 aromatic rings. The van der Waals surface area contributed by atoms with Crippen molar-refractivity contribution in [3.8, 4) is 11.3 Å². The predicted octanol–water partition coefficient (Wildman–Crippen LogP) is 5.05. The smallest absolute Gasteiger partial charge is 0.252 e. The number of benzene rings is 2. The van der Waals surface area contributed by atoms with Crippen LogP contribution in [0.15, 0.2) is 85.2 Å². The number of carbonyl (C=O) groups is 1. The second kappa shape index (κ2) is 8.65. The van der Waals surface area contributed by atoms with Gasteiger partial charge in [-0.1, -0.05) is 48.5 Å². The van der Waals surface area contributed by atoms with Gasteiger partial charge in [0, 0.05) is 29.4 Å². The number of para-hydroxylation sites is 1. The van der Waals surface area contributed by atoms with Crippen LogP contribution in [0.2, 0.25) is 0 Å². The van der Waals surface area contributed by atoms with E-state index in [0.717, 1.165) is 35.0 Å². The van der Waals surface area contributed by atoms with Crippen molar-refractivity contribution in [1.29, 1.82) is 0 Å². The average molecular weight is 381 g/mol. The molecule has 0 saturated carbocycles. The van der Waals surface area contributed by atoms with Crippen LogP contribution in [0.25, 0.3) is 22.2 Å². The highest BCUT2D eigenvalue weighted by Gasteiger charge is 2.16. The number of hydrogen-bond acceptors (Lipinski definition) is 3. The fourth-order valence-electron chi connectivity index (χ4n) is 3.44. The van der Waals surface area contributed by atoms with Gasteiger partial charge in [-0.3, -0.25) is 9.78 Å². The number of rotatable bonds is 6. The van der Waals surface area contributed by atoms with Crippen molar-refractivity contribution in [2.75, 3.05) is 0 Å². The molecule has 1 atom stereocenters. The van der Waals surface area contributed by atoms with Gasteiger partial charge in [-0.15, -0.1) is 0 Å². The highest BCUT2D eigenvalue weighted by atomic mass is 16.1. The summed E-state index contributed by atoms with van der Waals surface area (Å²) in [4.78, 5) is 21.9. The molecule has 0 radical (unpaired) electrons. The van der Waals surface area contributed by atoms with Crippen LogP contribution >= 0.6 is 0 Å².